The van der Waals surface area contributed by atoms with E-state index in [0.29, 0.717) is 38.5 Å². The number of phosphoric ester groups is 2. The Morgan fingerprint density at radius 3 is 0.798 bits per heavy atom. The Balaban J connectivity index is 5.48. The molecule has 0 radical (unpaired) electrons. The van der Waals surface area contributed by atoms with Crippen LogP contribution in [0.5, 0.6) is 0 Å². The molecule has 0 rings (SSSR count). The minimum atomic E-state index is -5.01. The molecule has 0 saturated heterocycles. The maximum absolute atomic E-state index is 13.1. The quantitative estimate of drug-likeness (QED) is 0.0169. The fourth-order valence-electron chi connectivity index (χ4n) is 10.6. The van der Waals surface area contributed by atoms with Crippen molar-refractivity contribution in [2.75, 3.05) is 39.6 Å². The predicted molar refractivity (Wildman–Crippen MR) is 427 cm³/mol. The summed E-state index contributed by atoms with van der Waals surface area (Å²) in [5.74, 6) is -2.32. The molecule has 19 heteroatoms. The number of aliphatic hydroxyl groups excluding tert-OH is 1. The maximum atomic E-state index is 13.1. The van der Waals surface area contributed by atoms with Crippen LogP contribution in [0.3, 0.4) is 0 Å². The van der Waals surface area contributed by atoms with Crippen LogP contribution in [0.4, 0.5) is 0 Å². The van der Waals surface area contributed by atoms with Crippen molar-refractivity contribution in [3.63, 3.8) is 0 Å². The summed E-state index contributed by atoms with van der Waals surface area (Å²) in [5.41, 5.74) is 0. The minimum Gasteiger partial charge on any atom is -0.462 e. The molecule has 0 aromatic heterocycles. The lowest BCUT2D eigenvalue weighted by Gasteiger charge is -2.21. The number of carbonyl (C=O) groups is 4. The van der Waals surface area contributed by atoms with Gasteiger partial charge < -0.3 is 33.8 Å². The molecule has 0 fully saturated rings. The molecule has 0 bridgehead atoms. The molecule has 3 unspecified atom stereocenters. The van der Waals surface area contributed by atoms with E-state index in [-0.39, 0.29) is 25.7 Å². The number of unbranched alkanes of at least 4 members (excludes halogenated alkanes) is 30. The second-order valence-electron chi connectivity index (χ2n) is 27.0. The van der Waals surface area contributed by atoms with Crippen LogP contribution in [0.2, 0.25) is 0 Å². The monoisotopic (exact) mass is 1500 g/mol. The van der Waals surface area contributed by atoms with Crippen LogP contribution in [0.15, 0.2) is 122 Å². The first-order valence-corrected chi connectivity index (χ1v) is 43.8. The third-order valence-electron chi connectivity index (χ3n) is 16.9. The Labute approximate surface area is 632 Å². The highest BCUT2D eigenvalue weighted by Crippen LogP contribution is 2.45. The van der Waals surface area contributed by atoms with Crippen molar-refractivity contribution in [2.45, 2.75) is 354 Å². The zero-order chi connectivity index (χ0) is 76.0. The van der Waals surface area contributed by atoms with Crippen molar-refractivity contribution in [2.24, 2.45) is 0 Å². The van der Waals surface area contributed by atoms with E-state index >= 15 is 0 Å². The number of hydrogen-bond acceptors (Lipinski definition) is 15. The lowest BCUT2D eigenvalue weighted by Crippen LogP contribution is -2.30. The Hall–Kier alpha value is -4.54. The topological polar surface area (TPSA) is 237 Å². The summed E-state index contributed by atoms with van der Waals surface area (Å²) in [7, 11) is -10.00. The number of esters is 4. The van der Waals surface area contributed by atoms with Gasteiger partial charge in [-0.25, -0.2) is 9.13 Å². The van der Waals surface area contributed by atoms with Gasteiger partial charge in [0.2, 0.25) is 0 Å². The number of phosphoric acid groups is 2. The van der Waals surface area contributed by atoms with Gasteiger partial charge in [0, 0.05) is 25.7 Å². The highest BCUT2D eigenvalue weighted by atomic mass is 31.2. The summed E-state index contributed by atoms with van der Waals surface area (Å²) >= 11 is 0. The Kier molecular flexibility index (Phi) is 73.3. The number of carbonyl (C=O) groups excluding carboxylic acids is 4. The molecule has 0 aromatic carbocycles. The van der Waals surface area contributed by atoms with Crippen LogP contribution >= 0.6 is 15.6 Å². The van der Waals surface area contributed by atoms with Crippen molar-refractivity contribution in [3.05, 3.63) is 122 Å². The molecule has 0 aromatic rings. The fraction of sp³-hybridized carbons (Fsp3) is 0.718. The zero-order valence-electron chi connectivity index (χ0n) is 65.4. The van der Waals surface area contributed by atoms with Gasteiger partial charge in [0.1, 0.15) is 19.3 Å². The third kappa shape index (κ3) is 75.7. The number of allylic oxidation sites excluding steroid dienone is 20. The number of hydrogen-bond donors (Lipinski definition) is 3. The lowest BCUT2D eigenvalue weighted by molar-refractivity contribution is -0.161. The highest BCUT2D eigenvalue weighted by molar-refractivity contribution is 7.47. The molecule has 0 saturated carbocycles. The SMILES string of the molecule is CCCCCC=CCC=CCC=CCC=CCCCC(=O)OC[C@H](COP(=O)(O)OCC(O)COP(=O)(O)OC[C@@H](COC(=O)CCCCCCCC=CCCCCCCCC)OC(=O)CCCCCCCC=CCCCCCCCC)OC(=O)CCCC=CCC=CCC=CCC=CCCCCC. The van der Waals surface area contributed by atoms with Crippen molar-refractivity contribution in [1.82, 2.24) is 0 Å². The molecule has 0 aliphatic carbocycles. The van der Waals surface area contributed by atoms with Gasteiger partial charge in [-0.1, -0.05) is 278 Å². The minimum absolute atomic E-state index is 0.00510. The number of rotatable bonds is 76. The van der Waals surface area contributed by atoms with E-state index in [1.54, 1.807) is 0 Å². The van der Waals surface area contributed by atoms with Crippen LogP contribution in [-0.2, 0) is 65.4 Å². The van der Waals surface area contributed by atoms with E-state index in [2.05, 4.69) is 125 Å². The van der Waals surface area contributed by atoms with Crippen molar-refractivity contribution in [3.8, 4) is 0 Å². The first kappa shape index (κ1) is 99.5. The van der Waals surface area contributed by atoms with E-state index in [0.717, 1.165) is 128 Å². The Bertz CT molecular complexity index is 2440. The van der Waals surface area contributed by atoms with E-state index in [1.807, 2.05) is 24.3 Å². The smallest absolute Gasteiger partial charge is 0.462 e. The zero-order valence-corrected chi connectivity index (χ0v) is 67.2. The summed E-state index contributed by atoms with van der Waals surface area (Å²) in [6, 6.07) is 0. The van der Waals surface area contributed by atoms with Gasteiger partial charge in [0.05, 0.1) is 26.4 Å². The molecular weight excluding hydrogens is 1350 g/mol. The van der Waals surface area contributed by atoms with Crippen LogP contribution in [0.1, 0.15) is 336 Å². The van der Waals surface area contributed by atoms with Gasteiger partial charge in [0.25, 0.3) is 0 Å². The fourth-order valence-corrected chi connectivity index (χ4v) is 12.2. The average Bonchev–Trinajstić information content (AvgIpc) is 0.926. The van der Waals surface area contributed by atoms with Crippen LogP contribution in [-0.4, -0.2) is 96.7 Å². The second-order valence-corrected chi connectivity index (χ2v) is 29.9. The Morgan fingerprint density at radius 1 is 0.269 bits per heavy atom. The summed E-state index contributed by atoms with van der Waals surface area (Å²) in [4.78, 5) is 73.0. The molecule has 0 spiro atoms. The Morgan fingerprint density at radius 2 is 0.481 bits per heavy atom. The molecule has 5 atom stereocenters. The molecule has 104 heavy (non-hydrogen) atoms. The number of aliphatic hydroxyl groups is 1. The van der Waals surface area contributed by atoms with E-state index in [4.69, 9.17) is 37.0 Å². The van der Waals surface area contributed by atoms with Crippen LogP contribution < -0.4 is 0 Å². The first-order valence-electron chi connectivity index (χ1n) is 40.8. The number of ether oxygens (including phenoxy) is 4. The standard InChI is InChI=1S/C85H146O17P2/c1-5-9-13-17-21-25-29-33-37-39-43-46-50-54-58-62-66-70-83(88)96-76-81(102-85(90)72-68-64-60-56-52-48-44-40-38-34-30-26-22-18-14-10-6-2)78-100-104(93,94)98-74-79(86)73-97-103(91,92)99-77-80(101-84(89)71-67-63-59-55-51-47-42-36-32-28-24-20-16-12-8-4)75-95-82(87)69-65-61-57-53-49-45-41-35-31-27-23-19-15-11-7-3/h21-22,25-26,33-38,41-44,46,48,54,56,58,60,79-81,86H,5-20,23-24,27-32,39-40,45,47,49-53,55,57,59,61-78H2,1-4H3,(H,91,92)(H,93,94)/t79?,80-,81-/m1/s1. The maximum Gasteiger partial charge on any atom is 0.472 e. The summed E-state index contributed by atoms with van der Waals surface area (Å²) < 4.78 is 68.5. The highest BCUT2D eigenvalue weighted by Gasteiger charge is 2.30. The summed E-state index contributed by atoms with van der Waals surface area (Å²) in [5, 5.41) is 10.6. The second kappa shape index (κ2) is 76.6. The van der Waals surface area contributed by atoms with Crippen molar-refractivity contribution in [1.29, 1.82) is 0 Å². The van der Waals surface area contributed by atoms with E-state index in [1.165, 1.54) is 116 Å². The average molecular weight is 1500 g/mol. The molecule has 0 aliphatic heterocycles. The molecule has 17 nitrogen and oxygen atoms in total. The normalized spacial score (nSPS) is 14.5. The van der Waals surface area contributed by atoms with Gasteiger partial charge >= 0.3 is 39.5 Å². The molecular formula is C85H146O17P2. The summed E-state index contributed by atoms with van der Waals surface area (Å²) in [6.45, 7) is 4.69. The summed E-state index contributed by atoms with van der Waals surface area (Å²) in [6.07, 6.45) is 84.7. The van der Waals surface area contributed by atoms with Gasteiger partial charge in [-0.2, -0.15) is 0 Å². The van der Waals surface area contributed by atoms with Crippen LogP contribution in [0, 0.1) is 0 Å². The van der Waals surface area contributed by atoms with Crippen LogP contribution in [0.25, 0.3) is 0 Å². The van der Waals surface area contributed by atoms with Gasteiger partial charge in [-0.3, -0.25) is 37.3 Å². The lowest BCUT2D eigenvalue weighted by atomic mass is 10.1. The molecule has 0 heterocycles. The predicted octanol–water partition coefficient (Wildman–Crippen LogP) is 23.9. The molecule has 0 amide bonds. The third-order valence-corrected chi connectivity index (χ3v) is 18.8. The molecule has 598 valence electrons. The van der Waals surface area contributed by atoms with Gasteiger partial charge in [0.15, 0.2) is 12.2 Å². The van der Waals surface area contributed by atoms with E-state index in [9.17, 15) is 43.2 Å². The van der Waals surface area contributed by atoms with E-state index < -0.39 is 97.5 Å². The van der Waals surface area contributed by atoms with Crippen molar-refractivity contribution < 1.29 is 80.2 Å². The van der Waals surface area contributed by atoms with Gasteiger partial charge in [-0.15, -0.1) is 0 Å². The van der Waals surface area contributed by atoms with Gasteiger partial charge in [-0.05, 0) is 154 Å². The first-order chi connectivity index (χ1) is 50.7. The molecule has 3 N–H and O–H groups in total. The largest absolute Gasteiger partial charge is 0.472 e. The molecule has 0 aliphatic rings. The van der Waals surface area contributed by atoms with Crippen molar-refractivity contribution >= 4 is 39.5 Å².